The highest BCUT2D eigenvalue weighted by molar-refractivity contribution is 5.91. The summed E-state index contributed by atoms with van der Waals surface area (Å²) >= 11 is 0. The average Bonchev–Trinajstić information content (AvgIpc) is 2.75. The second kappa shape index (κ2) is 7.27. The summed E-state index contributed by atoms with van der Waals surface area (Å²) in [6.45, 7) is 0. The molecule has 2 aromatic heterocycles. The summed E-state index contributed by atoms with van der Waals surface area (Å²) in [5.74, 6) is -0.176. The standard InChI is InChI=1S/C22H16FNO5/c1-27-17-10-18(28-2)21(26)22-20(17)15(25)9-16(29-22)13-5-3-12(4-6-13)14-7-8-19(23)24-11-14/h3-11,26H,1-2H3. The molecule has 2 heterocycles. The molecular weight excluding hydrogens is 377 g/mol. The van der Waals surface area contributed by atoms with Gasteiger partial charge in [-0.05, 0) is 17.7 Å². The maximum absolute atomic E-state index is 13.0. The molecular formula is C22H16FNO5. The molecule has 2 aromatic carbocycles. The van der Waals surface area contributed by atoms with Crippen LogP contribution in [0.5, 0.6) is 17.2 Å². The molecule has 4 rings (SSSR count). The van der Waals surface area contributed by atoms with Crippen LogP contribution in [0.25, 0.3) is 33.4 Å². The predicted molar refractivity (Wildman–Crippen MR) is 106 cm³/mol. The van der Waals surface area contributed by atoms with Crippen LogP contribution in [-0.4, -0.2) is 24.3 Å². The van der Waals surface area contributed by atoms with E-state index < -0.39 is 5.95 Å². The first-order valence-electron chi connectivity index (χ1n) is 8.66. The molecule has 1 N–H and O–H groups in total. The van der Waals surface area contributed by atoms with E-state index in [1.807, 2.05) is 0 Å². The first-order chi connectivity index (χ1) is 14.0. The Balaban J connectivity index is 1.83. The quantitative estimate of drug-likeness (QED) is 0.518. The molecule has 0 aliphatic rings. The second-order valence-corrected chi connectivity index (χ2v) is 6.26. The molecule has 0 saturated carbocycles. The number of halogens is 1. The minimum atomic E-state index is -0.547. The van der Waals surface area contributed by atoms with Gasteiger partial charge in [-0.3, -0.25) is 4.79 Å². The minimum Gasteiger partial charge on any atom is -0.502 e. The van der Waals surface area contributed by atoms with Crippen molar-refractivity contribution in [3.05, 3.63) is 70.9 Å². The largest absolute Gasteiger partial charge is 0.502 e. The fourth-order valence-corrected chi connectivity index (χ4v) is 3.10. The van der Waals surface area contributed by atoms with Gasteiger partial charge in [-0.25, -0.2) is 4.98 Å². The van der Waals surface area contributed by atoms with Crippen LogP contribution in [0.3, 0.4) is 0 Å². The molecule has 0 saturated heterocycles. The molecule has 4 aromatic rings. The summed E-state index contributed by atoms with van der Waals surface area (Å²) in [5.41, 5.74) is 1.84. The number of phenolic OH excluding ortho intramolecular Hbond substituents is 1. The Morgan fingerprint density at radius 1 is 0.931 bits per heavy atom. The van der Waals surface area contributed by atoms with Gasteiger partial charge in [0.05, 0.1) is 14.2 Å². The summed E-state index contributed by atoms with van der Waals surface area (Å²) in [6, 6.07) is 12.8. The molecule has 0 unspecified atom stereocenters. The van der Waals surface area contributed by atoms with E-state index in [1.165, 1.54) is 38.6 Å². The lowest BCUT2D eigenvalue weighted by molar-refractivity contribution is 0.364. The fraction of sp³-hybridized carbons (Fsp3) is 0.0909. The number of hydrogen-bond donors (Lipinski definition) is 1. The monoisotopic (exact) mass is 393 g/mol. The molecule has 0 bridgehead atoms. The van der Waals surface area contributed by atoms with E-state index in [4.69, 9.17) is 13.9 Å². The van der Waals surface area contributed by atoms with E-state index in [0.29, 0.717) is 5.56 Å². The number of rotatable bonds is 4. The third kappa shape index (κ3) is 3.27. The number of methoxy groups -OCH3 is 2. The topological polar surface area (TPSA) is 81.8 Å². The lowest BCUT2D eigenvalue weighted by atomic mass is 10.0. The van der Waals surface area contributed by atoms with E-state index in [2.05, 4.69) is 4.98 Å². The van der Waals surface area contributed by atoms with Gasteiger partial charge in [-0.2, -0.15) is 4.39 Å². The number of pyridine rings is 1. The van der Waals surface area contributed by atoms with Crippen molar-refractivity contribution in [3.8, 4) is 39.7 Å². The molecule has 0 radical (unpaired) electrons. The summed E-state index contributed by atoms with van der Waals surface area (Å²) in [5, 5.41) is 10.6. The first-order valence-corrected chi connectivity index (χ1v) is 8.66. The van der Waals surface area contributed by atoms with Gasteiger partial charge in [0.25, 0.3) is 0 Å². The zero-order valence-corrected chi connectivity index (χ0v) is 15.6. The average molecular weight is 393 g/mol. The molecule has 0 amide bonds. The Morgan fingerprint density at radius 2 is 1.59 bits per heavy atom. The molecule has 29 heavy (non-hydrogen) atoms. The first kappa shape index (κ1) is 18.5. The number of benzene rings is 2. The highest BCUT2D eigenvalue weighted by atomic mass is 19.1. The number of phenols is 1. The van der Waals surface area contributed by atoms with Crippen LogP contribution < -0.4 is 14.9 Å². The number of fused-ring (bicyclic) bond motifs is 1. The summed E-state index contributed by atoms with van der Waals surface area (Å²) in [4.78, 5) is 16.3. The Kier molecular flexibility index (Phi) is 4.64. The zero-order chi connectivity index (χ0) is 20.5. The number of hydrogen-bond acceptors (Lipinski definition) is 6. The van der Waals surface area contributed by atoms with E-state index in [-0.39, 0.29) is 39.4 Å². The van der Waals surface area contributed by atoms with Crippen LogP contribution in [0.1, 0.15) is 0 Å². The van der Waals surface area contributed by atoms with E-state index in [9.17, 15) is 14.3 Å². The summed E-state index contributed by atoms with van der Waals surface area (Å²) < 4.78 is 29.2. The van der Waals surface area contributed by atoms with Gasteiger partial charge >= 0.3 is 0 Å². The van der Waals surface area contributed by atoms with Crippen molar-refractivity contribution >= 4 is 11.0 Å². The SMILES string of the molecule is COc1cc(OC)c2c(=O)cc(-c3ccc(-c4ccc(F)nc4)cc3)oc2c1O. The second-order valence-electron chi connectivity index (χ2n) is 6.26. The number of aromatic nitrogens is 1. The van der Waals surface area contributed by atoms with E-state index >= 15 is 0 Å². The molecule has 7 heteroatoms. The normalized spacial score (nSPS) is 10.9. The van der Waals surface area contributed by atoms with Gasteiger partial charge in [-0.1, -0.05) is 24.3 Å². The molecule has 0 fully saturated rings. The highest BCUT2D eigenvalue weighted by Crippen LogP contribution is 2.40. The zero-order valence-electron chi connectivity index (χ0n) is 15.6. The highest BCUT2D eigenvalue weighted by Gasteiger charge is 2.19. The van der Waals surface area contributed by atoms with Crippen molar-refractivity contribution in [2.24, 2.45) is 0 Å². The van der Waals surface area contributed by atoms with Gasteiger partial charge in [0.15, 0.2) is 16.8 Å². The van der Waals surface area contributed by atoms with Gasteiger partial charge < -0.3 is 19.0 Å². The van der Waals surface area contributed by atoms with Crippen LogP contribution in [-0.2, 0) is 0 Å². The fourth-order valence-electron chi connectivity index (χ4n) is 3.10. The lowest BCUT2D eigenvalue weighted by Gasteiger charge is -2.11. The smallest absolute Gasteiger partial charge is 0.212 e. The lowest BCUT2D eigenvalue weighted by Crippen LogP contribution is -2.03. The summed E-state index contributed by atoms with van der Waals surface area (Å²) in [7, 11) is 2.81. The van der Waals surface area contributed by atoms with Gasteiger partial charge in [0.2, 0.25) is 11.7 Å². The van der Waals surface area contributed by atoms with Crippen LogP contribution in [0.15, 0.2) is 63.9 Å². The molecule has 6 nitrogen and oxygen atoms in total. The number of nitrogens with zero attached hydrogens (tertiary/aromatic N) is 1. The van der Waals surface area contributed by atoms with Gasteiger partial charge in [-0.15, -0.1) is 0 Å². The van der Waals surface area contributed by atoms with Crippen molar-refractivity contribution < 1.29 is 23.4 Å². The molecule has 0 aliphatic carbocycles. The molecule has 0 spiro atoms. The maximum Gasteiger partial charge on any atom is 0.212 e. The Hall–Kier alpha value is -3.87. The van der Waals surface area contributed by atoms with Crippen molar-refractivity contribution in [2.45, 2.75) is 0 Å². The van der Waals surface area contributed by atoms with Crippen molar-refractivity contribution in [3.63, 3.8) is 0 Å². The van der Waals surface area contributed by atoms with Crippen LogP contribution >= 0.6 is 0 Å². The molecule has 0 atom stereocenters. The Morgan fingerprint density at radius 3 is 2.21 bits per heavy atom. The van der Waals surface area contributed by atoms with Gasteiger partial charge in [0, 0.05) is 29.5 Å². The van der Waals surface area contributed by atoms with Gasteiger partial charge in [0.1, 0.15) is 16.9 Å². The number of aromatic hydroxyl groups is 1. The predicted octanol–water partition coefficient (Wildman–Crippen LogP) is 4.38. The van der Waals surface area contributed by atoms with Crippen molar-refractivity contribution in [1.29, 1.82) is 0 Å². The molecule has 146 valence electrons. The minimum absolute atomic E-state index is 0.0180. The van der Waals surface area contributed by atoms with Crippen LogP contribution in [0.4, 0.5) is 4.39 Å². The summed E-state index contributed by atoms with van der Waals surface area (Å²) in [6.07, 6.45) is 1.44. The van der Waals surface area contributed by atoms with E-state index in [0.717, 1.165) is 11.1 Å². The van der Waals surface area contributed by atoms with E-state index in [1.54, 1.807) is 30.3 Å². The Labute approximate surface area is 164 Å². The third-order valence-corrected chi connectivity index (χ3v) is 4.57. The van der Waals surface area contributed by atoms with Crippen molar-refractivity contribution in [2.75, 3.05) is 14.2 Å². The number of ether oxygens (including phenoxy) is 2. The van der Waals surface area contributed by atoms with Crippen molar-refractivity contribution in [1.82, 2.24) is 4.98 Å². The third-order valence-electron chi connectivity index (χ3n) is 4.57. The van der Waals surface area contributed by atoms with Crippen LogP contribution in [0.2, 0.25) is 0 Å². The maximum atomic E-state index is 13.0. The Bertz CT molecular complexity index is 1250. The van der Waals surface area contributed by atoms with Crippen LogP contribution in [0, 0.1) is 5.95 Å². The molecule has 0 aliphatic heterocycles.